The van der Waals surface area contributed by atoms with Gasteiger partial charge >= 0.3 is 5.97 Å². The van der Waals surface area contributed by atoms with Crippen molar-refractivity contribution in [3.63, 3.8) is 0 Å². The molecular formula is C11H21NO3S. The molecule has 1 heterocycles. The van der Waals surface area contributed by atoms with Gasteiger partial charge in [-0.05, 0) is 13.3 Å². The molecule has 4 nitrogen and oxygen atoms in total. The second-order valence-corrected chi connectivity index (χ2v) is 5.81. The number of rotatable bonds is 4. The fourth-order valence-corrected chi connectivity index (χ4v) is 3.14. The second-order valence-electron chi connectivity index (χ2n) is 4.40. The molecular weight excluding hydrogens is 226 g/mol. The van der Waals surface area contributed by atoms with Gasteiger partial charge in [0, 0.05) is 30.6 Å². The van der Waals surface area contributed by atoms with Gasteiger partial charge in [0.05, 0.1) is 7.11 Å². The van der Waals surface area contributed by atoms with Gasteiger partial charge in [-0.1, -0.05) is 6.92 Å². The van der Waals surface area contributed by atoms with E-state index in [1.807, 2.05) is 11.8 Å². The monoisotopic (exact) mass is 247 g/mol. The molecule has 0 bridgehead atoms. The predicted octanol–water partition coefficient (Wildman–Crippen LogP) is 0.738. The van der Waals surface area contributed by atoms with Crippen molar-refractivity contribution in [1.82, 2.24) is 4.90 Å². The normalized spacial score (nSPS) is 26.1. The average Bonchev–Trinajstić information content (AvgIpc) is 2.27. The summed E-state index contributed by atoms with van der Waals surface area (Å²) in [4.78, 5) is 13.5. The van der Waals surface area contributed by atoms with Crippen LogP contribution in [0.15, 0.2) is 0 Å². The quantitative estimate of drug-likeness (QED) is 0.743. The van der Waals surface area contributed by atoms with Gasteiger partial charge in [0.1, 0.15) is 0 Å². The predicted molar refractivity (Wildman–Crippen MR) is 65.6 cm³/mol. The Bertz CT molecular complexity index is 245. The Morgan fingerprint density at radius 1 is 1.69 bits per heavy atom. The smallest absolute Gasteiger partial charge is 0.338 e. The lowest BCUT2D eigenvalue weighted by Crippen LogP contribution is -2.50. The minimum atomic E-state index is -1.39. The second kappa shape index (κ2) is 5.89. The van der Waals surface area contributed by atoms with Gasteiger partial charge in [0.25, 0.3) is 0 Å². The highest BCUT2D eigenvalue weighted by molar-refractivity contribution is 8.00. The molecule has 0 aromatic heterocycles. The largest absolute Gasteiger partial charge is 0.467 e. The number of hydrogen-bond donors (Lipinski definition) is 1. The van der Waals surface area contributed by atoms with E-state index in [4.69, 9.17) is 0 Å². The number of esters is 1. The Kier molecular flexibility index (Phi) is 5.08. The van der Waals surface area contributed by atoms with Crippen LogP contribution >= 0.6 is 11.8 Å². The van der Waals surface area contributed by atoms with E-state index in [0.717, 1.165) is 25.3 Å². The van der Waals surface area contributed by atoms with Crippen LogP contribution in [0.2, 0.25) is 0 Å². The standard InChI is InChI=1S/C11H21NO3S/c1-4-9-7-12(5-6-16-9)8-11(2,14)10(13)15-3/h9,14H,4-8H2,1-3H3. The Balaban J connectivity index is 2.49. The zero-order chi connectivity index (χ0) is 12.2. The summed E-state index contributed by atoms with van der Waals surface area (Å²) in [7, 11) is 1.30. The van der Waals surface area contributed by atoms with Crippen molar-refractivity contribution < 1.29 is 14.6 Å². The van der Waals surface area contributed by atoms with E-state index in [-0.39, 0.29) is 0 Å². The molecule has 0 amide bonds. The molecule has 0 aromatic rings. The number of β-amino-alcohol motifs (C(OH)–C–C–N with tert-alkyl or cyclic N) is 1. The fraction of sp³-hybridized carbons (Fsp3) is 0.909. The van der Waals surface area contributed by atoms with Crippen LogP contribution < -0.4 is 0 Å². The maximum absolute atomic E-state index is 11.4. The molecule has 1 saturated heterocycles. The van der Waals surface area contributed by atoms with E-state index < -0.39 is 11.6 Å². The van der Waals surface area contributed by atoms with E-state index in [1.165, 1.54) is 14.0 Å². The van der Waals surface area contributed by atoms with Crippen LogP contribution in [0, 0.1) is 0 Å². The number of carbonyl (C=O) groups excluding carboxylic acids is 1. The fourth-order valence-electron chi connectivity index (χ4n) is 1.89. The third-order valence-electron chi connectivity index (χ3n) is 2.83. The molecule has 2 atom stereocenters. The maximum Gasteiger partial charge on any atom is 0.338 e. The summed E-state index contributed by atoms with van der Waals surface area (Å²) < 4.78 is 4.59. The van der Waals surface area contributed by atoms with Crippen LogP contribution in [0.5, 0.6) is 0 Å². The zero-order valence-electron chi connectivity index (χ0n) is 10.2. The van der Waals surface area contributed by atoms with Crippen molar-refractivity contribution in [2.75, 3.05) is 32.5 Å². The van der Waals surface area contributed by atoms with E-state index in [0.29, 0.717) is 11.8 Å². The number of carbonyl (C=O) groups is 1. The molecule has 5 heteroatoms. The first-order chi connectivity index (χ1) is 7.49. The highest BCUT2D eigenvalue weighted by atomic mass is 32.2. The molecule has 1 aliphatic heterocycles. The zero-order valence-corrected chi connectivity index (χ0v) is 11.0. The van der Waals surface area contributed by atoms with Crippen molar-refractivity contribution >= 4 is 17.7 Å². The van der Waals surface area contributed by atoms with Gasteiger partial charge in [-0.2, -0.15) is 11.8 Å². The maximum atomic E-state index is 11.4. The molecule has 1 fully saturated rings. The number of ether oxygens (including phenoxy) is 1. The molecule has 1 N–H and O–H groups in total. The number of aliphatic hydroxyl groups is 1. The van der Waals surface area contributed by atoms with E-state index in [2.05, 4.69) is 16.6 Å². The van der Waals surface area contributed by atoms with Crippen molar-refractivity contribution in [3.05, 3.63) is 0 Å². The number of hydrogen-bond acceptors (Lipinski definition) is 5. The molecule has 0 aliphatic carbocycles. The van der Waals surface area contributed by atoms with E-state index in [1.54, 1.807) is 0 Å². The van der Waals surface area contributed by atoms with Gasteiger partial charge < -0.3 is 9.84 Å². The Hall–Kier alpha value is -0.260. The summed E-state index contributed by atoms with van der Waals surface area (Å²) in [6.45, 7) is 5.90. The lowest BCUT2D eigenvalue weighted by atomic mass is 10.1. The summed E-state index contributed by atoms with van der Waals surface area (Å²) >= 11 is 1.97. The van der Waals surface area contributed by atoms with Crippen molar-refractivity contribution in [1.29, 1.82) is 0 Å². The number of nitrogens with zero attached hydrogens (tertiary/aromatic N) is 1. The summed E-state index contributed by atoms with van der Waals surface area (Å²) in [5.41, 5.74) is -1.39. The summed E-state index contributed by atoms with van der Waals surface area (Å²) in [5, 5.41) is 10.6. The molecule has 2 unspecified atom stereocenters. The van der Waals surface area contributed by atoms with Gasteiger partial charge in [0.2, 0.25) is 0 Å². The van der Waals surface area contributed by atoms with Crippen molar-refractivity contribution in [2.45, 2.75) is 31.1 Å². The highest BCUT2D eigenvalue weighted by Crippen LogP contribution is 2.22. The van der Waals surface area contributed by atoms with Crippen LogP contribution in [0.1, 0.15) is 20.3 Å². The number of methoxy groups -OCH3 is 1. The van der Waals surface area contributed by atoms with E-state index in [9.17, 15) is 9.90 Å². The molecule has 94 valence electrons. The van der Waals surface area contributed by atoms with Crippen LogP contribution in [-0.2, 0) is 9.53 Å². The topological polar surface area (TPSA) is 49.8 Å². The Labute approximate surface area is 101 Å². The lowest BCUT2D eigenvalue weighted by Gasteiger charge is -2.35. The first kappa shape index (κ1) is 13.8. The summed E-state index contributed by atoms with van der Waals surface area (Å²) in [6.07, 6.45) is 1.13. The molecule has 0 spiro atoms. The highest BCUT2D eigenvalue weighted by Gasteiger charge is 2.35. The minimum absolute atomic E-state index is 0.358. The Morgan fingerprint density at radius 2 is 2.38 bits per heavy atom. The molecule has 16 heavy (non-hydrogen) atoms. The first-order valence-electron chi connectivity index (χ1n) is 5.64. The van der Waals surface area contributed by atoms with Gasteiger partial charge in [0.15, 0.2) is 5.60 Å². The Morgan fingerprint density at radius 3 is 2.94 bits per heavy atom. The summed E-state index contributed by atoms with van der Waals surface area (Å²) in [5.74, 6) is 0.509. The van der Waals surface area contributed by atoms with Crippen LogP contribution in [0.25, 0.3) is 0 Å². The molecule has 1 rings (SSSR count). The molecule has 0 saturated carbocycles. The van der Waals surface area contributed by atoms with E-state index >= 15 is 0 Å². The van der Waals surface area contributed by atoms with Gasteiger partial charge in [-0.25, -0.2) is 4.79 Å². The van der Waals surface area contributed by atoms with Crippen LogP contribution in [0.3, 0.4) is 0 Å². The summed E-state index contributed by atoms with van der Waals surface area (Å²) in [6, 6.07) is 0. The third kappa shape index (κ3) is 3.64. The minimum Gasteiger partial charge on any atom is -0.467 e. The molecule has 0 radical (unpaired) electrons. The molecule has 1 aliphatic rings. The third-order valence-corrected chi connectivity index (χ3v) is 4.21. The van der Waals surface area contributed by atoms with Crippen LogP contribution in [0.4, 0.5) is 0 Å². The number of thioether (sulfide) groups is 1. The SMILES string of the molecule is CCC1CN(CC(C)(O)C(=O)OC)CCS1. The average molecular weight is 247 g/mol. The van der Waals surface area contributed by atoms with Gasteiger partial charge in [-0.15, -0.1) is 0 Å². The van der Waals surface area contributed by atoms with Crippen molar-refractivity contribution in [2.24, 2.45) is 0 Å². The first-order valence-corrected chi connectivity index (χ1v) is 6.69. The van der Waals surface area contributed by atoms with Gasteiger partial charge in [-0.3, -0.25) is 4.90 Å². The van der Waals surface area contributed by atoms with Crippen molar-refractivity contribution in [3.8, 4) is 0 Å². The lowest BCUT2D eigenvalue weighted by molar-refractivity contribution is -0.162. The molecule has 0 aromatic carbocycles. The van der Waals surface area contributed by atoms with Crippen LogP contribution in [-0.4, -0.2) is 59.3 Å².